The minimum atomic E-state index is -0.840. The highest BCUT2D eigenvalue weighted by Crippen LogP contribution is 2.16. The van der Waals surface area contributed by atoms with Crippen LogP contribution in [0.1, 0.15) is 44.1 Å². The molecule has 1 aliphatic rings. The van der Waals surface area contributed by atoms with Gasteiger partial charge in [-0.3, -0.25) is 9.59 Å². The van der Waals surface area contributed by atoms with Crippen LogP contribution < -0.4 is 5.32 Å². The van der Waals surface area contributed by atoms with Crippen molar-refractivity contribution in [3.8, 4) is 0 Å². The number of aliphatic carboxylic acids is 1. The van der Waals surface area contributed by atoms with Gasteiger partial charge < -0.3 is 15.2 Å². The van der Waals surface area contributed by atoms with Gasteiger partial charge in [0.25, 0.3) is 0 Å². The highest BCUT2D eigenvalue weighted by Gasteiger charge is 2.20. The van der Waals surface area contributed by atoms with Gasteiger partial charge in [0, 0.05) is 19.1 Å². The summed E-state index contributed by atoms with van der Waals surface area (Å²) in [4.78, 5) is 23.0. The molecule has 2 atom stereocenters. The summed E-state index contributed by atoms with van der Waals surface area (Å²) in [7, 11) is 0. The largest absolute Gasteiger partial charge is 0.481 e. The number of carboxylic acids is 1. The van der Waals surface area contributed by atoms with Gasteiger partial charge in [0.2, 0.25) is 5.91 Å². The maximum Gasteiger partial charge on any atom is 0.303 e. The number of amides is 1. The van der Waals surface area contributed by atoms with Crippen LogP contribution in [0, 0.1) is 0 Å². The van der Waals surface area contributed by atoms with Crippen molar-refractivity contribution < 1.29 is 19.4 Å². The fourth-order valence-corrected chi connectivity index (χ4v) is 2.88. The van der Waals surface area contributed by atoms with Gasteiger partial charge in [0.1, 0.15) is 0 Å². The summed E-state index contributed by atoms with van der Waals surface area (Å²) in [6.07, 6.45) is 4.58. The van der Waals surface area contributed by atoms with Gasteiger partial charge in [-0.15, -0.1) is 0 Å². The second kappa shape index (κ2) is 9.30. The quantitative estimate of drug-likeness (QED) is 0.772. The minimum absolute atomic E-state index is 0.000555. The lowest BCUT2D eigenvalue weighted by atomic mass is 10.0. The molecule has 0 bridgehead atoms. The van der Waals surface area contributed by atoms with Crippen LogP contribution in [0.15, 0.2) is 30.3 Å². The van der Waals surface area contributed by atoms with Crippen molar-refractivity contribution in [1.82, 2.24) is 5.32 Å². The fourth-order valence-electron chi connectivity index (χ4n) is 2.88. The molecule has 2 rings (SSSR count). The smallest absolute Gasteiger partial charge is 0.303 e. The molecule has 5 nitrogen and oxygen atoms in total. The van der Waals surface area contributed by atoms with Crippen LogP contribution >= 0.6 is 0 Å². The molecule has 1 aromatic carbocycles. The van der Waals surface area contributed by atoms with E-state index in [-0.39, 0.29) is 24.5 Å². The number of benzene rings is 1. The van der Waals surface area contributed by atoms with E-state index < -0.39 is 5.97 Å². The van der Waals surface area contributed by atoms with Crippen LogP contribution in [-0.2, 0) is 20.7 Å². The first-order valence-electron chi connectivity index (χ1n) is 8.30. The average molecular weight is 319 g/mol. The summed E-state index contributed by atoms with van der Waals surface area (Å²) in [6, 6.07) is 9.65. The maximum atomic E-state index is 12.2. The molecule has 1 fully saturated rings. The Hall–Kier alpha value is -1.88. The number of hydrogen-bond donors (Lipinski definition) is 2. The fraction of sp³-hybridized carbons (Fsp3) is 0.556. The number of carbonyl (C=O) groups is 2. The SMILES string of the molecule is O=C(O)CCC(Cc1ccccc1)NC(=O)CC1CCCCO1. The second-order valence-corrected chi connectivity index (χ2v) is 6.08. The van der Waals surface area contributed by atoms with Gasteiger partial charge in [0.05, 0.1) is 12.5 Å². The van der Waals surface area contributed by atoms with Crippen LogP contribution in [-0.4, -0.2) is 35.7 Å². The van der Waals surface area contributed by atoms with E-state index in [1.807, 2.05) is 30.3 Å². The van der Waals surface area contributed by atoms with Gasteiger partial charge >= 0.3 is 5.97 Å². The molecule has 23 heavy (non-hydrogen) atoms. The predicted molar refractivity (Wildman–Crippen MR) is 87.2 cm³/mol. The van der Waals surface area contributed by atoms with Crippen LogP contribution in [0.2, 0.25) is 0 Å². The average Bonchev–Trinajstić information content (AvgIpc) is 2.54. The topological polar surface area (TPSA) is 75.6 Å². The summed E-state index contributed by atoms with van der Waals surface area (Å²) >= 11 is 0. The highest BCUT2D eigenvalue weighted by atomic mass is 16.5. The van der Waals surface area contributed by atoms with Crippen LogP contribution in [0.5, 0.6) is 0 Å². The number of nitrogens with one attached hydrogen (secondary N) is 1. The second-order valence-electron chi connectivity index (χ2n) is 6.08. The molecule has 2 N–H and O–H groups in total. The zero-order chi connectivity index (χ0) is 16.5. The molecule has 2 unspecified atom stereocenters. The van der Waals surface area contributed by atoms with Crippen molar-refractivity contribution in [3.05, 3.63) is 35.9 Å². The van der Waals surface area contributed by atoms with Gasteiger partial charge in [-0.25, -0.2) is 0 Å². The Labute approximate surface area is 137 Å². The lowest BCUT2D eigenvalue weighted by Crippen LogP contribution is -2.39. The first-order chi connectivity index (χ1) is 11.1. The zero-order valence-electron chi connectivity index (χ0n) is 13.4. The van der Waals surface area contributed by atoms with E-state index in [1.54, 1.807) is 0 Å². The van der Waals surface area contributed by atoms with Crippen molar-refractivity contribution in [2.45, 2.75) is 57.1 Å². The third kappa shape index (κ3) is 6.82. The van der Waals surface area contributed by atoms with E-state index in [1.165, 1.54) is 0 Å². The monoisotopic (exact) mass is 319 g/mol. The molecule has 1 amide bonds. The molecule has 0 saturated carbocycles. The van der Waals surface area contributed by atoms with Gasteiger partial charge in [-0.05, 0) is 37.7 Å². The van der Waals surface area contributed by atoms with Crippen molar-refractivity contribution in [2.75, 3.05) is 6.61 Å². The molecule has 126 valence electrons. The summed E-state index contributed by atoms with van der Waals surface area (Å²) in [5.74, 6) is -0.892. The molecule has 1 saturated heterocycles. The molecule has 0 radical (unpaired) electrons. The predicted octanol–water partition coefficient (Wildman–Crippen LogP) is 2.54. The van der Waals surface area contributed by atoms with Crippen molar-refractivity contribution in [2.24, 2.45) is 0 Å². The lowest BCUT2D eigenvalue weighted by Gasteiger charge is -2.24. The maximum absolute atomic E-state index is 12.2. The molecule has 0 aromatic heterocycles. The Morgan fingerprint density at radius 2 is 2.04 bits per heavy atom. The summed E-state index contributed by atoms with van der Waals surface area (Å²) in [6.45, 7) is 0.727. The summed E-state index contributed by atoms with van der Waals surface area (Å²) < 4.78 is 5.59. The number of carbonyl (C=O) groups excluding carboxylic acids is 1. The Kier molecular flexibility index (Phi) is 7.07. The third-order valence-electron chi connectivity index (χ3n) is 4.08. The lowest BCUT2D eigenvalue weighted by molar-refractivity contribution is -0.137. The van der Waals surface area contributed by atoms with Crippen LogP contribution in [0.3, 0.4) is 0 Å². The summed E-state index contributed by atoms with van der Waals surface area (Å²) in [5.41, 5.74) is 1.09. The van der Waals surface area contributed by atoms with Crippen LogP contribution in [0.4, 0.5) is 0 Å². The highest BCUT2D eigenvalue weighted by molar-refractivity contribution is 5.77. The third-order valence-corrected chi connectivity index (χ3v) is 4.08. The Morgan fingerprint density at radius 3 is 2.70 bits per heavy atom. The number of carboxylic acid groups (broad SMARTS) is 1. The van der Waals surface area contributed by atoms with E-state index >= 15 is 0 Å². The van der Waals surface area contributed by atoms with Gasteiger partial charge in [0.15, 0.2) is 0 Å². The van der Waals surface area contributed by atoms with E-state index in [9.17, 15) is 9.59 Å². The first-order valence-corrected chi connectivity index (χ1v) is 8.30. The molecular weight excluding hydrogens is 294 g/mol. The molecule has 1 aliphatic heterocycles. The summed E-state index contributed by atoms with van der Waals surface area (Å²) in [5, 5.41) is 11.9. The number of rotatable bonds is 8. The molecule has 1 aromatic rings. The van der Waals surface area contributed by atoms with E-state index in [4.69, 9.17) is 9.84 Å². The zero-order valence-corrected chi connectivity index (χ0v) is 13.4. The van der Waals surface area contributed by atoms with E-state index in [0.717, 1.165) is 31.4 Å². The molecule has 0 aliphatic carbocycles. The molecular formula is C18H25NO4. The Bertz CT molecular complexity index is 497. The Balaban J connectivity index is 1.87. The first kappa shape index (κ1) is 17.5. The van der Waals surface area contributed by atoms with Crippen molar-refractivity contribution in [1.29, 1.82) is 0 Å². The van der Waals surface area contributed by atoms with E-state index in [0.29, 0.717) is 19.3 Å². The number of ether oxygens (including phenoxy) is 1. The van der Waals surface area contributed by atoms with E-state index in [2.05, 4.69) is 5.32 Å². The normalized spacial score (nSPS) is 19.0. The number of hydrogen-bond acceptors (Lipinski definition) is 3. The molecule has 5 heteroatoms. The Morgan fingerprint density at radius 1 is 1.26 bits per heavy atom. The van der Waals surface area contributed by atoms with Crippen LogP contribution in [0.25, 0.3) is 0 Å². The molecule has 0 spiro atoms. The van der Waals surface area contributed by atoms with Crippen molar-refractivity contribution >= 4 is 11.9 Å². The van der Waals surface area contributed by atoms with Gasteiger partial charge in [-0.1, -0.05) is 30.3 Å². The standard InChI is InChI=1S/C18H25NO4/c20-17(13-16-8-4-5-11-23-16)19-15(9-10-18(21)22)12-14-6-2-1-3-7-14/h1-3,6-7,15-16H,4-5,8-13H2,(H,19,20)(H,21,22). The minimum Gasteiger partial charge on any atom is -0.481 e. The van der Waals surface area contributed by atoms with Gasteiger partial charge in [-0.2, -0.15) is 0 Å². The van der Waals surface area contributed by atoms with Crippen molar-refractivity contribution in [3.63, 3.8) is 0 Å². The molecule has 1 heterocycles.